The van der Waals surface area contributed by atoms with E-state index in [1.807, 2.05) is 37.3 Å². The second kappa shape index (κ2) is 14.3. The van der Waals surface area contributed by atoms with Crippen LogP contribution in [-0.2, 0) is 21.2 Å². The molecule has 0 saturated carbocycles. The van der Waals surface area contributed by atoms with Crippen LogP contribution < -0.4 is 10.1 Å². The topological polar surface area (TPSA) is 116 Å². The summed E-state index contributed by atoms with van der Waals surface area (Å²) in [6.45, 7) is 5.52. The van der Waals surface area contributed by atoms with E-state index in [9.17, 15) is 23.4 Å². The zero-order chi connectivity index (χ0) is 26.7. The Hall–Kier alpha value is -2.46. The number of ether oxygens (including phenoxy) is 1. The van der Waals surface area contributed by atoms with Crippen LogP contribution in [0.4, 0.5) is 0 Å². The third-order valence-electron chi connectivity index (χ3n) is 6.09. The van der Waals surface area contributed by atoms with Gasteiger partial charge in [-0.2, -0.15) is 4.31 Å². The molecule has 36 heavy (non-hydrogen) atoms. The van der Waals surface area contributed by atoms with Crippen molar-refractivity contribution in [2.24, 2.45) is 5.92 Å². The van der Waals surface area contributed by atoms with Crippen LogP contribution >= 0.6 is 0 Å². The van der Waals surface area contributed by atoms with Gasteiger partial charge in [-0.1, -0.05) is 63.9 Å². The van der Waals surface area contributed by atoms with Gasteiger partial charge in [0.25, 0.3) is 0 Å². The molecule has 2 aromatic rings. The minimum atomic E-state index is -3.91. The van der Waals surface area contributed by atoms with Crippen LogP contribution in [-0.4, -0.2) is 67.3 Å². The van der Waals surface area contributed by atoms with E-state index in [0.717, 1.165) is 18.4 Å². The monoisotopic (exact) mass is 520 g/mol. The van der Waals surface area contributed by atoms with Gasteiger partial charge in [0.1, 0.15) is 11.9 Å². The number of unbranched alkanes of at least 4 members (excludes halogenated alkanes) is 2. The summed E-state index contributed by atoms with van der Waals surface area (Å²) in [5, 5.41) is 24.2. The molecule has 0 aliphatic heterocycles. The molecule has 0 aliphatic carbocycles. The van der Waals surface area contributed by atoms with Crippen molar-refractivity contribution in [1.29, 1.82) is 0 Å². The van der Waals surface area contributed by atoms with E-state index in [1.54, 1.807) is 26.0 Å². The van der Waals surface area contributed by atoms with Gasteiger partial charge in [0, 0.05) is 13.1 Å². The fourth-order valence-corrected chi connectivity index (χ4v) is 5.30. The average Bonchev–Trinajstić information content (AvgIpc) is 2.87. The van der Waals surface area contributed by atoms with Gasteiger partial charge in [-0.3, -0.25) is 4.79 Å². The molecule has 200 valence electrons. The maximum Gasteiger partial charge on any atom is 0.249 e. The van der Waals surface area contributed by atoms with Crippen LogP contribution in [0.3, 0.4) is 0 Å². The Morgan fingerprint density at radius 1 is 1.03 bits per heavy atom. The van der Waals surface area contributed by atoms with Crippen molar-refractivity contribution < 1.29 is 28.2 Å². The predicted octanol–water partition coefficient (Wildman–Crippen LogP) is 2.98. The molecule has 0 fully saturated rings. The number of methoxy groups -OCH3 is 1. The first-order valence-corrected chi connectivity index (χ1v) is 13.9. The van der Waals surface area contributed by atoms with Gasteiger partial charge >= 0.3 is 0 Å². The molecule has 0 heterocycles. The third kappa shape index (κ3) is 8.58. The third-order valence-corrected chi connectivity index (χ3v) is 7.97. The van der Waals surface area contributed by atoms with Gasteiger partial charge in [-0.15, -0.1) is 0 Å². The number of hydrogen-bond donors (Lipinski definition) is 3. The summed E-state index contributed by atoms with van der Waals surface area (Å²) in [7, 11) is -2.40. The first-order chi connectivity index (χ1) is 17.1. The highest BCUT2D eigenvalue weighted by molar-refractivity contribution is 7.89. The number of carbonyl (C=O) groups is 1. The molecule has 0 unspecified atom stereocenters. The first-order valence-electron chi connectivity index (χ1n) is 12.4. The van der Waals surface area contributed by atoms with Gasteiger partial charge < -0.3 is 20.3 Å². The Balaban J connectivity index is 2.31. The van der Waals surface area contributed by atoms with E-state index in [0.29, 0.717) is 12.2 Å². The second-order valence-corrected chi connectivity index (χ2v) is 11.2. The fourth-order valence-electron chi connectivity index (χ4n) is 3.80. The van der Waals surface area contributed by atoms with Gasteiger partial charge in [-0.05, 0) is 48.6 Å². The standard InChI is InChI=1S/C27H40N2O6S/c1-5-6-10-17-29(36(33,34)23-15-13-22(35-4)14-16-23)19-25(30)24(18-21-11-8-7-9-12-21)28-27(32)26(31)20(2)3/h7-9,11-16,20,24-26,30-31H,5-6,10,17-19H2,1-4H3,(H,28,32)/t24-,25+,26-/m0/s1. The zero-order valence-corrected chi connectivity index (χ0v) is 22.4. The molecule has 0 aliphatic rings. The molecule has 1 amide bonds. The molecule has 2 aromatic carbocycles. The molecule has 0 bridgehead atoms. The Bertz CT molecular complexity index is 1030. The molecular weight excluding hydrogens is 480 g/mol. The number of aliphatic hydroxyl groups is 2. The average molecular weight is 521 g/mol. The van der Waals surface area contributed by atoms with Crippen molar-refractivity contribution in [2.75, 3.05) is 20.2 Å². The van der Waals surface area contributed by atoms with E-state index in [2.05, 4.69) is 5.32 Å². The number of amides is 1. The quantitative estimate of drug-likeness (QED) is 0.311. The molecular formula is C27H40N2O6S. The van der Waals surface area contributed by atoms with E-state index < -0.39 is 34.2 Å². The van der Waals surface area contributed by atoms with E-state index in [1.165, 1.54) is 23.5 Å². The summed E-state index contributed by atoms with van der Waals surface area (Å²) in [6, 6.07) is 14.7. The van der Waals surface area contributed by atoms with Crippen molar-refractivity contribution in [3.8, 4) is 5.75 Å². The molecule has 0 aromatic heterocycles. The summed E-state index contributed by atoms with van der Waals surface area (Å²) in [5.74, 6) is -0.359. The van der Waals surface area contributed by atoms with Crippen molar-refractivity contribution in [1.82, 2.24) is 9.62 Å². The normalized spacial score (nSPS) is 14.4. The lowest BCUT2D eigenvalue weighted by Gasteiger charge is -2.30. The molecule has 3 N–H and O–H groups in total. The fraction of sp³-hybridized carbons (Fsp3) is 0.519. The number of hydrogen-bond acceptors (Lipinski definition) is 6. The number of rotatable bonds is 15. The molecule has 3 atom stereocenters. The SMILES string of the molecule is CCCCCN(C[C@@H](O)[C@H](Cc1ccccc1)NC(=O)[C@@H](O)C(C)C)S(=O)(=O)c1ccc(OC)cc1. The molecule has 9 heteroatoms. The highest BCUT2D eigenvalue weighted by atomic mass is 32.2. The molecule has 8 nitrogen and oxygen atoms in total. The summed E-state index contributed by atoms with van der Waals surface area (Å²) >= 11 is 0. The van der Waals surface area contributed by atoms with Crippen LogP contribution in [0.2, 0.25) is 0 Å². The second-order valence-electron chi connectivity index (χ2n) is 9.31. The molecule has 0 spiro atoms. The number of carbonyl (C=O) groups excluding carboxylic acids is 1. The Labute approximate surface area is 215 Å². The highest BCUT2D eigenvalue weighted by Gasteiger charge is 2.32. The number of nitrogens with one attached hydrogen (secondary N) is 1. The van der Waals surface area contributed by atoms with Gasteiger partial charge in [-0.25, -0.2) is 8.42 Å². The minimum Gasteiger partial charge on any atom is -0.497 e. The smallest absolute Gasteiger partial charge is 0.249 e. The van der Waals surface area contributed by atoms with Crippen LogP contribution in [0.15, 0.2) is 59.5 Å². The van der Waals surface area contributed by atoms with Gasteiger partial charge in [0.05, 0.1) is 24.2 Å². The summed E-state index contributed by atoms with van der Waals surface area (Å²) in [6.07, 6.45) is 0.237. The van der Waals surface area contributed by atoms with E-state index >= 15 is 0 Å². The summed E-state index contributed by atoms with van der Waals surface area (Å²) in [5.41, 5.74) is 0.872. The molecule has 0 saturated heterocycles. The number of aliphatic hydroxyl groups excluding tert-OH is 2. The number of benzene rings is 2. The summed E-state index contributed by atoms with van der Waals surface area (Å²) < 4.78 is 33.4. The van der Waals surface area contributed by atoms with Gasteiger partial charge in [0.2, 0.25) is 15.9 Å². The largest absolute Gasteiger partial charge is 0.497 e. The Kier molecular flexibility index (Phi) is 11.8. The molecule has 2 rings (SSSR count). The van der Waals surface area contributed by atoms with Gasteiger partial charge in [0.15, 0.2) is 0 Å². The predicted molar refractivity (Wildman–Crippen MR) is 140 cm³/mol. The zero-order valence-electron chi connectivity index (χ0n) is 21.6. The Morgan fingerprint density at radius 3 is 2.22 bits per heavy atom. The highest BCUT2D eigenvalue weighted by Crippen LogP contribution is 2.21. The number of sulfonamides is 1. The lowest BCUT2D eigenvalue weighted by molar-refractivity contribution is -0.133. The minimum absolute atomic E-state index is 0.103. The van der Waals surface area contributed by atoms with Crippen LogP contribution in [0.1, 0.15) is 45.6 Å². The summed E-state index contributed by atoms with van der Waals surface area (Å²) in [4.78, 5) is 12.8. The number of nitrogens with zero attached hydrogens (tertiary/aromatic N) is 1. The molecule has 0 radical (unpaired) electrons. The van der Waals surface area contributed by atoms with Crippen molar-refractivity contribution in [3.05, 3.63) is 60.2 Å². The first kappa shape index (κ1) is 29.8. The van der Waals surface area contributed by atoms with Crippen molar-refractivity contribution in [2.45, 2.75) is 69.6 Å². The van der Waals surface area contributed by atoms with Crippen LogP contribution in [0.25, 0.3) is 0 Å². The van der Waals surface area contributed by atoms with Crippen LogP contribution in [0, 0.1) is 5.92 Å². The Morgan fingerprint density at radius 2 is 1.67 bits per heavy atom. The lowest BCUT2D eigenvalue weighted by Crippen LogP contribution is -2.53. The van der Waals surface area contributed by atoms with Crippen molar-refractivity contribution in [3.63, 3.8) is 0 Å². The van der Waals surface area contributed by atoms with E-state index in [4.69, 9.17) is 4.74 Å². The maximum absolute atomic E-state index is 13.5. The van der Waals surface area contributed by atoms with Crippen molar-refractivity contribution >= 4 is 15.9 Å². The van der Waals surface area contributed by atoms with E-state index in [-0.39, 0.29) is 30.3 Å². The maximum atomic E-state index is 13.5. The lowest BCUT2D eigenvalue weighted by atomic mass is 9.99. The van der Waals surface area contributed by atoms with Crippen LogP contribution in [0.5, 0.6) is 5.75 Å².